The Hall–Kier alpha value is -0.0400. The maximum Gasteiger partial charge on any atom is 0.000733 e. The quantitative estimate of drug-likeness (QED) is 0.537. The van der Waals surface area contributed by atoms with Gasteiger partial charge in [0.05, 0.1) is 0 Å². The third-order valence-electron chi connectivity index (χ3n) is 0.577. The lowest BCUT2D eigenvalue weighted by atomic mass is 10.4. The molecular formula is C6H19N. The maximum atomic E-state index is 3.03. The van der Waals surface area contributed by atoms with Gasteiger partial charge in [0.25, 0.3) is 0 Å². The molecule has 0 saturated heterocycles. The average molecular weight is 105 g/mol. The summed E-state index contributed by atoms with van der Waals surface area (Å²) in [6, 6.07) is 0.634. The van der Waals surface area contributed by atoms with E-state index >= 15 is 0 Å². The molecule has 7 heavy (non-hydrogen) atoms. The Kier molecular flexibility index (Phi) is 21.1. The molecule has 0 aliphatic carbocycles. The van der Waals surface area contributed by atoms with Gasteiger partial charge < -0.3 is 5.32 Å². The van der Waals surface area contributed by atoms with Gasteiger partial charge in [0.2, 0.25) is 0 Å². The zero-order chi connectivity index (χ0) is 4.28. The van der Waals surface area contributed by atoms with Gasteiger partial charge >= 0.3 is 0 Å². The summed E-state index contributed by atoms with van der Waals surface area (Å²) in [5.74, 6) is 0. The van der Waals surface area contributed by atoms with Gasteiger partial charge in [-0.3, -0.25) is 0 Å². The lowest BCUT2D eigenvalue weighted by Crippen LogP contribution is -2.15. The molecule has 0 radical (unpaired) electrons. The zero-order valence-electron chi connectivity index (χ0n) is 4.08. The van der Waals surface area contributed by atoms with Crippen molar-refractivity contribution in [2.45, 2.75) is 34.7 Å². The number of rotatable bonds is 1. The minimum absolute atomic E-state index is 0. The first-order valence-corrected chi connectivity index (χ1v) is 1.94. The summed E-state index contributed by atoms with van der Waals surface area (Å²) < 4.78 is 0. The van der Waals surface area contributed by atoms with Crippen LogP contribution in [0.5, 0.6) is 0 Å². The first kappa shape index (κ1) is 15.8. The van der Waals surface area contributed by atoms with Gasteiger partial charge in [-0.05, 0) is 7.05 Å². The molecule has 0 unspecified atom stereocenters. The Morgan fingerprint density at radius 1 is 1.14 bits per heavy atom. The number of nitrogens with one attached hydrogen (secondary N) is 1. The molecule has 0 atom stereocenters. The molecule has 0 aliphatic rings. The third kappa shape index (κ3) is 24.3. The van der Waals surface area contributed by atoms with Crippen molar-refractivity contribution in [3.63, 3.8) is 0 Å². The van der Waals surface area contributed by atoms with Crippen molar-refractivity contribution in [3.05, 3.63) is 0 Å². The van der Waals surface area contributed by atoms with Crippen molar-refractivity contribution in [3.8, 4) is 0 Å². The van der Waals surface area contributed by atoms with Crippen LogP contribution in [0.1, 0.15) is 28.7 Å². The van der Waals surface area contributed by atoms with Gasteiger partial charge in [0.15, 0.2) is 0 Å². The largest absolute Gasteiger partial charge is 0.318 e. The van der Waals surface area contributed by atoms with E-state index in [0.717, 1.165) is 0 Å². The summed E-state index contributed by atoms with van der Waals surface area (Å²) >= 11 is 0. The average Bonchev–Trinajstić information content (AvgIpc) is 1.38. The molecule has 48 valence electrons. The van der Waals surface area contributed by atoms with Crippen LogP contribution in [-0.2, 0) is 0 Å². The summed E-state index contributed by atoms with van der Waals surface area (Å²) in [7, 11) is 1.95. The van der Waals surface area contributed by atoms with E-state index in [0.29, 0.717) is 6.04 Å². The third-order valence-corrected chi connectivity index (χ3v) is 0.577. The van der Waals surface area contributed by atoms with Crippen molar-refractivity contribution in [2.75, 3.05) is 7.05 Å². The Bertz CT molecular complexity index is 18.1. The van der Waals surface area contributed by atoms with E-state index in [2.05, 4.69) is 19.2 Å². The van der Waals surface area contributed by atoms with E-state index in [1.165, 1.54) is 0 Å². The van der Waals surface area contributed by atoms with Crippen molar-refractivity contribution >= 4 is 0 Å². The van der Waals surface area contributed by atoms with Crippen LogP contribution in [0.2, 0.25) is 0 Å². The van der Waals surface area contributed by atoms with Gasteiger partial charge in [-0.15, -0.1) is 0 Å². The van der Waals surface area contributed by atoms with Crippen LogP contribution in [0.4, 0.5) is 0 Å². The van der Waals surface area contributed by atoms with E-state index in [9.17, 15) is 0 Å². The van der Waals surface area contributed by atoms with E-state index in [1.807, 2.05) is 7.05 Å². The maximum absolute atomic E-state index is 3.03. The summed E-state index contributed by atoms with van der Waals surface area (Å²) in [6.45, 7) is 4.22. The second-order valence-electron chi connectivity index (χ2n) is 1.44. The fourth-order valence-electron chi connectivity index (χ4n) is 0. The van der Waals surface area contributed by atoms with Crippen molar-refractivity contribution < 1.29 is 0 Å². The minimum atomic E-state index is 0. The van der Waals surface area contributed by atoms with Crippen LogP contribution >= 0.6 is 0 Å². The van der Waals surface area contributed by atoms with Crippen molar-refractivity contribution in [1.29, 1.82) is 0 Å². The summed E-state index contributed by atoms with van der Waals surface area (Å²) in [6.07, 6.45) is 0. The van der Waals surface area contributed by atoms with Gasteiger partial charge in [-0.2, -0.15) is 0 Å². The predicted octanol–water partition coefficient (Wildman–Crippen LogP) is 1.89. The summed E-state index contributed by atoms with van der Waals surface area (Å²) in [4.78, 5) is 0. The van der Waals surface area contributed by atoms with Crippen LogP contribution in [-0.4, -0.2) is 13.1 Å². The number of hydrogen-bond acceptors (Lipinski definition) is 1. The molecule has 0 spiro atoms. The fraction of sp³-hybridized carbons (Fsp3) is 1.00. The normalized spacial score (nSPS) is 6.86. The highest BCUT2D eigenvalue weighted by Gasteiger charge is 1.76. The van der Waals surface area contributed by atoms with Crippen LogP contribution in [0.15, 0.2) is 0 Å². The van der Waals surface area contributed by atoms with E-state index in [-0.39, 0.29) is 14.9 Å². The second kappa shape index (κ2) is 9.35. The van der Waals surface area contributed by atoms with Crippen LogP contribution in [0, 0.1) is 0 Å². The highest BCUT2D eigenvalue weighted by atomic mass is 14.8. The van der Waals surface area contributed by atoms with E-state index < -0.39 is 0 Å². The molecule has 1 heteroatoms. The smallest absolute Gasteiger partial charge is 0.000733 e. The molecule has 0 aliphatic heterocycles. The Morgan fingerprint density at radius 3 is 1.29 bits per heavy atom. The molecule has 0 aromatic heterocycles. The standard InChI is InChI=1S/C4H11N.2CH4/c1-4(2)5-3;;/h4-5H,1-3H3;2*1H4. The topological polar surface area (TPSA) is 12.0 Å². The molecule has 0 aromatic carbocycles. The fourth-order valence-corrected chi connectivity index (χ4v) is 0. The molecule has 0 saturated carbocycles. The summed E-state index contributed by atoms with van der Waals surface area (Å²) in [5.41, 5.74) is 0. The molecule has 0 heterocycles. The molecule has 0 bridgehead atoms. The Labute approximate surface area is 48.1 Å². The monoisotopic (exact) mass is 105 g/mol. The Morgan fingerprint density at radius 2 is 1.29 bits per heavy atom. The van der Waals surface area contributed by atoms with Gasteiger partial charge in [0, 0.05) is 6.04 Å². The van der Waals surface area contributed by atoms with Crippen LogP contribution < -0.4 is 5.32 Å². The first-order valence-electron chi connectivity index (χ1n) is 1.94. The lowest BCUT2D eigenvalue weighted by Gasteiger charge is -1.95. The van der Waals surface area contributed by atoms with Crippen LogP contribution in [0.25, 0.3) is 0 Å². The van der Waals surface area contributed by atoms with E-state index in [4.69, 9.17) is 0 Å². The highest BCUT2D eigenvalue weighted by molar-refractivity contribution is 4.40. The van der Waals surface area contributed by atoms with Gasteiger partial charge in [-0.25, -0.2) is 0 Å². The van der Waals surface area contributed by atoms with Crippen molar-refractivity contribution in [2.24, 2.45) is 0 Å². The minimum Gasteiger partial charge on any atom is -0.318 e. The van der Waals surface area contributed by atoms with E-state index in [1.54, 1.807) is 0 Å². The molecule has 1 N–H and O–H groups in total. The van der Waals surface area contributed by atoms with Gasteiger partial charge in [0.1, 0.15) is 0 Å². The first-order chi connectivity index (χ1) is 2.27. The molecule has 0 amide bonds. The van der Waals surface area contributed by atoms with Crippen LogP contribution in [0.3, 0.4) is 0 Å². The molecule has 0 fully saturated rings. The molecule has 0 aromatic rings. The SMILES string of the molecule is C.C.CNC(C)C. The highest BCUT2D eigenvalue weighted by Crippen LogP contribution is 1.66. The molecular weight excluding hydrogens is 86.1 g/mol. The Balaban J connectivity index is -0.0000000800. The van der Waals surface area contributed by atoms with Crippen molar-refractivity contribution in [1.82, 2.24) is 5.32 Å². The second-order valence-corrected chi connectivity index (χ2v) is 1.44. The summed E-state index contributed by atoms with van der Waals surface area (Å²) in [5, 5.41) is 3.03. The van der Waals surface area contributed by atoms with Gasteiger partial charge in [-0.1, -0.05) is 28.7 Å². The lowest BCUT2D eigenvalue weighted by molar-refractivity contribution is 0.668. The predicted molar refractivity (Wildman–Crippen MR) is 37.7 cm³/mol. The number of hydrogen-bond donors (Lipinski definition) is 1. The molecule has 1 nitrogen and oxygen atoms in total. The molecule has 0 rings (SSSR count). The zero-order valence-corrected chi connectivity index (χ0v) is 4.08.